The molecule has 0 spiro atoms. The molecule has 1 aromatic carbocycles. The number of phenolic OH excluding ortho intramolecular Hbond substituents is 1. The van der Waals surface area contributed by atoms with Crippen molar-refractivity contribution in [2.45, 2.75) is 6.10 Å². The van der Waals surface area contributed by atoms with E-state index in [1.54, 1.807) is 19.2 Å². The van der Waals surface area contributed by atoms with Crippen molar-refractivity contribution in [2.75, 3.05) is 26.8 Å². The lowest BCUT2D eigenvalue weighted by atomic mass is 10.1. The van der Waals surface area contributed by atoms with Gasteiger partial charge in [0.25, 0.3) is 0 Å². The molecule has 0 radical (unpaired) electrons. The number of phenols is 1. The minimum absolute atomic E-state index is 0.125. The van der Waals surface area contributed by atoms with Gasteiger partial charge in [0.05, 0.1) is 24.3 Å². The number of rotatable bonds is 2. The summed E-state index contributed by atoms with van der Waals surface area (Å²) in [5.41, 5.74) is 0.749. The van der Waals surface area contributed by atoms with Gasteiger partial charge in [-0.15, -0.1) is 0 Å². The normalized spacial score (nSPS) is 20.8. The Morgan fingerprint density at radius 2 is 2.38 bits per heavy atom. The number of halogens is 1. The van der Waals surface area contributed by atoms with Crippen molar-refractivity contribution in [1.29, 1.82) is 0 Å². The molecular formula is C11H14BrNO3. The van der Waals surface area contributed by atoms with Gasteiger partial charge in [-0.05, 0) is 28.1 Å². The number of ether oxygens (including phenoxy) is 2. The molecule has 2 N–H and O–H groups in total. The summed E-state index contributed by atoms with van der Waals surface area (Å²) in [7, 11) is 1.60. The summed E-state index contributed by atoms with van der Waals surface area (Å²) >= 11 is 3.30. The average Bonchev–Trinajstić information content (AvgIpc) is 2.33. The Morgan fingerprint density at radius 3 is 3.00 bits per heavy atom. The number of hydrogen-bond donors (Lipinski definition) is 2. The zero-order chi connectivity index (χ0) is 11.5. The van der Waals surface area contributed by atoms with Crippen LogP contribution in [0.2, 0.25) is 0 Å². The minimum atomic E-state index is -0.125. The fourth-order valence-electron chi connectivity index (χ4n) is 1.72. The van der Waals surface area contributed by atoms with E-state index in [-0.39, 0.29) is 11.9 Å². The third-order valence-corrected chi connectivity index (χ3v) is 3.18. The highest BCUT2D eigenvalue weighted by Crippen LogP contribution is 2.37. The van der Waals surface area contributed by atoms with Gasteiger partial charge in [0.2, 0.25) is 0 Å². The van der Waals surface area contributed by atoms with Crippen LogP contribution in [0.1, 0.15) is 11.7 Å². The number of methoxy groups -OCH3 is 1. The maximum Gasteiger partial charge on any atom is 0.135 e. The molecule has 5 heteroatoms. The zero-order valence-corrected chi connectivity index (χ0v) is 10.6. The first-order chi connectivity index (χ1) is 7.72. The van der Waals surface area contributed by atoms with E-state index in [1.165, 1.54) is 0 Å². The highest BCUT2D eigenvalue weighted by Gasteiger charge is 2.21. The molecule has 1 atom stereocenters. The number of aromatic hydroxyl groups is 1. The molecule has 0 saturated carbocycles. The molecule has 2 rings (SSSR count). The van der Waals surface area contributed by atoms with E-state index in [0.717, 1.165) is 12.1 Å². The summed E-state index contributed by atoms with van der Waals surface area (Å²) in [5, 5.41) is 13.2. The van der Waals surface area contributed by atoms with Crippen molar-refractivity contribution < 1.29 is 14.6 Å². The van der Waals surface area contributed by atoms with E-state index in [4.69, 9.17) is 9.47 Å². The van der Waals surface area contributed by atoms with Gasteiger partial charge in [-0.3, -0.25) is 0 Å². The Balaban J connectivity index is 2.33. The van der Waals surface area contributed by atoms with Gasteiger partial charge < -0.3 is 19.9 Å². The van der Waals surface area contributed by atoms with Gasteiger partial charge >= 0.3 is 0 Å². The summed E-state index contributed by atoms with van der Waals surface area (Å²) in [6, 6.07) is 3.53. The zero-order valence-electron chi connectivity index (χ0n) is 9.00. The SMILES string of the molecule is COc1cc(Br)c(O)c(C2CNCCO2)c1. The van der Waals surface area contributed by atoms with Gasteiger partial charge in [-0.1, -0.05) is 0 Å². The number of morpholine rings is 1. The lowest BCUT2D eigenvalue weighted by Crippen LogP contribution is -2.33. The molecule has 1 aliphatic rings. The molecule has 1 aliphatic heterocycles. The topological polar surface area (TPSA) is 50.7 Å². The van der Waals surface area contributed by atoms with Crippen LogP contribution in [0.25, 0.3) is 0 Å². The quantitative estimate of drug-likeness (QED) is 0.871. The maximum absolute atomic E-state index is 9.96. The van der Waals surface area contributed by atoms with Crippen LogP contribution >= 0.6 is 15.9 Å². The molecule has 0 aromatic heterocycles. The second-order valence-corrected chi connectivity index (χ2v) is 4.46. The lowest BCUT2D eigenvalue weighted by Gasteiger charge is -2.25. The molecule has 1 heterocycles. The Kier molecular flexibility index (Phi) is 3.68. The van der Waals surface area contributed by atoms with Crippen molar-refractivity contribution in [3.05, 3.63) is 22.2 Å². The van der Waals surface area contributed by atoms with E-state index >= 15 is 0 Å². The molecule has 88 valence electrons. The standard InChI is InChI=1S/C11H14BrNO3/c1-15-7-4-8(11(14)9(12)5-7)10-6-13-2-3-16-10/h4-5,10,13-14H,2-3,6H2,1H3. The molecule has 0 bridgehead atoms. The van der Waals surface area contributed by atoms with E-state index in [2.05, 4.69) is 21.2 Å². The van der Waals surface area contributed by atoms with Crippen LogP contribution in [0, 0.1) is 0 Å². The number of benzene rings is 1. The fraction of sp³-hybridized carbons (Fsp3) is 0.455. The van der Waals surface area contributed by atoms with Crippen LogP contribution in [-0.4, -0.2) is 31.9 Å². The van der Waals surface area contributed by atoms with Crippen LogP contribution in [0.15, 0.2) is 16.6 Å². The highest BCUT2D eigenvalue weighted by atomic mass is 79.9. The van der Waals surface area contributed by atoms with E-state index < -0.39 is 0 Å². The van der Waals surface area contributed by atoms with E-state index in [0.29, 0.717) is 23.4 Å². The van der Waals surface area contributed by atoms with Crippen molar-refractivity contribution in [2.24, 2.45) is 0 Å². The first kappa shape index (κ1) is 11.7. The van der Waals surface area contributed by atoms with E-state index in [9.17, 15) is 5.11 Å². The van der Waals surface area contributed by atoms with Crippen LogP contribution in [0.3, 0.4) is 0 Å². The molecule has 0 aliphatic carbocycles. The Hall–Kier alpha value is -0.780. The van der Waals surface area contributed by atoms with Crippen molar-refractivity contribution in [3.8, 4) is 11.5 Å². The molecule has 1 unspecified atom stereocenters. The summed E-state index contributed by atoms with van der Waals surface area (Å²) in [6.07, 6.45) is -0.125. The molecule has 1 fully saturated rings. The van der Waals surface area contributed by atoms with Gasteiger partial charge in [-0.25, -0.2) is 0 Å². The molecular weight excluding hydrogens is 274 g/mol. The van der Waals surface area contributed by atoms with Crippen LogP contribution in [0.4, 0.5) is 0 Å². The summed E-state index contributed by atoms with van der Waals surface area (Å²) in [4.78, 5) is 0. The molecule has 4 nitrogen and oxygen atoms in total. The smallest absolute Gasteiger partial charge is 0.135 e. The molecule has 0 amide bonds. The lowest BCUT2D eigenvalue weighted by molar-refractivity contribution is 0.0261. The van der Waals surface area contributed by atoms with Gasteiger partial charge in [0.15, 0.2) is 0 Å². The second kappa shape index (κ2) is 5.03. The van der Waals surface area contributed by atoms with E-state index in [1.807, 2.05) is 0 Å². The predicted octanol–water partition coefficient (Wildman–Crippen LogP) is 1.82. The van der Waals surface area contributed by atoms with Crippen molar-refractivity contribution >= 4 is 15.9 Å². The van der Waals surface area contributed by atoms with Crippen LogP contribution in [0.5, 0.6) is 11.5 Å². The monoisotopic (exact) mass is 287 g/mol. The Labute approximate surface area is 103 Å². The van der Waals surface area contributed by atoms with Crippen LogP contribution in [-0.2, 0) is 4.74 Å². The van der Waals surface area contributed by atoms with Gasteiger partial charge in [0, 0.05) is 18.7 Å². The first-order valence-electron chi connectivity index (χ1n) is 5.11. The third kappa shape index (κ3) is 2.31. The summed E-state index contributed by atoms with van der Waals surface area (Å²) < 4.78 is 11.4. The number of nitrogens with one attached hydrogen (secondary N) is 1. The number of hydrogen-bond acceptors (Lipinski definition) is 4. The Bertz CT molecular complexity index is 378. The van der Waals surface area contributed by atoms with Crippen LogP contribution < -0.4 is 10.1 Å². The van der Waals surface area contributed by atoms with Gasteiger partial charge in [0.1, 0.15) is 11.5 Å². The van der Waals surface area contributed by atoms with Crippen molar-refractivity contribution in [3.63, 3.8) is 0 Å². The summed E-state index contributed by atoms with van der Waals surface area (Å²) in [6.45, 7) is 2.20. The molecule has 1 aromatic rings. The maximum atomic E-state index is 9.96. The molecule has 1 saturated heterocycles. The second-order valence-electron chi connectivity index (χ2n) is 3.61. The predicted molar refractivity (Wildman–Crippen MR) is 63.9 cm³/mol. The molecule has 16 heavy (non-hydrogen) atoms. The first-order valence-corrected chi connectivity index (χ1v) is 5.90. The minimum Gasteiger partial charge on any atom is -0.506 e. The third-order valence-electron chi connectivity index (χ3n) is 2.58. The highest BCUT2D eigenvalue weighted by molar-refractivity contribution is 9.10. The largest absolute Gasteiger partial charge is 0.506 e. The average molecular weight is 288 g/mol. The van der Waals surface area contributed by atoms with Gasteiger partial charge in [-0.2, -0.15) is 0 Å². The fourth-order valence-corrected chi connectivity index (χ4v) is 2.18. The Morgan fingerprint density at radius 1 is 1.56 bits per heavy atom. The van der Waals surface area contributed by atoms with Crippen molar-refractivity contribution in [1.82, 2.24) is 5.32 Å². The summed E-state index contributed by atoms with van der Waals surface area (Å²) in [5.74, 6) is 0.920.